The Labute approximate surface area is 217 Å². The van der Waals surface area contributed by atoms with Crippen molar-refractivity contribution >= 4 is 0 Å². The van der Waals surface area contributed by atoms with Gasteiger partial charge in [0.2, 0.25) is 0 Å². The van der Waals surface area contributed by atoms with E-state index in [-0.39, 0.29) is 0 Å². The lowest BCUT2D eigenvalue weighted by Gasteiger charge is -2.06. The van der Waals surface area contributed by atoms with E-state index in [0.29, 0.717) is 0 Å². The van der Waals surface area contributed by atoms with Crippen molar-refractivity contribution in [1.29, 1.82) is 0 Å². The molecule has 0 bridgehead atoms. The van der Waals surface area contributed by atoms with Crippen LogP contribution in [0.15, 0.2) is 121 Å². The lowest BCUT2D eigenvalue weighted by atomic mass is 10.2. The van der Waals surface area contributed by atoms with Crippen LogP contribution in [0.25, 0.3) is 0 Å². The SMILES string of the molecule is c1ccc(CNCCNCc2ccccc2)cc1.c1ccc(CNCCNCc2ccccc2)cc1. The Kier molecular flexibility index (Phi) is 13.7. The minimum atomic E-state index is 0.938. The molecule has 0 aliphatic rings. The highest BCUT2D eigenvalue weighted by Gasteiger charge is 1.93. The topological polar surface area (TPSA) is 48.1 Å². The Morgan fingerprint density at radius 3 is 0.667 bits per heavy atom. The standard InChI is InChI=1S/2C16H20N2/c2*1-3-7-15(8-4-1)13-17-11-12-18-14-16-9-5-2-6-10-16/h2*1-10,17-18H,11-14H2. The van der Waals surface area contributed by atoms with Crippen LogP contribution in [-0.2, 0) is 26.2 Å². The van der Waals surface area contributed by atoms with E-state index in [1.165, 1.54) is 22.3 Å². The van der Waals surface area contributed by atoms with Gasteiger partial charge in [-0.25, -0.2) is 0 Å². The molecule has 36 heavy (non-hydrogen) atoms. The Balaban J connectivity index is 0.000000201. The first-order valence-electron chi connectivity index (χ1n) is 12.9. The Bertz CT molecular complexity index is 851. The summed E-state index contributed by atoms with van der Waals surface area (Å²) in [6, 6.07) is 41.9. The van der Waals surface area contributed by atoms with Gasteiger partial charge in [-0.3, -0.25) is 0 Å². The lowest BCUT2D eigenvalue weighted by molar-refractivity contribution is 0.611. The summed E-state index contributed by atoms with van der Waals surface area (Å²) < 4.78 is 0. The lowest BCUT2D eigenvalue weighted by Crippen LogP contribution is -2.26. The molecular weight excluding hydrogens is 440 g/mol. The molecule has 0 radical (unpaired) electrons. The van der Waals surface area contributed by atoms with Gasteiger partial charge in [0.15, 0.2) is 0 Å². The summed E-state index contributed by atoms with van der Waals surface area (Å²) in [6.45, 7) is 7.70. The Morgan fingerprint density at radius 1 is 0.278 bits per heavy atom. The highest BCUT2D eigenvalue weighted by atomic mass is 14.9. The molecule has 0 heterocycles. The summed E-state index contributed by atoms with van der Waals surface area (Å²) in [4.78, 5) is 0. The molecule has 0 aromatic heterocycles. The summed E-state index contributed by atoms with van der Waals surface area (Å²) in [5.74, 6) is 0. The summed E-state index contributed by atoms with van der Waals surface area (Å²) in [7, 11) is 0. The van der Waals surface area contributed by atoms with Crippen LogP contribution in [0.2, 0.25) is 0 Å². The zero-order valence-corrected chi connectivity index (χ0v) is 21.2. The molecule has 188 valence electrons. The molecule has 4 heteroatoms. The summed E-state index contributed by atoms with van der Waals surface area (Å²) in [5.41, 5.74) is 5.34. The van der Waals surface area contributed by atoms with Crippen molar-refractivity contribution < 1.29 is 0 Å². The first-order chi connectivity index (χ1) is 17.9. The maximum Gasteiger partial charge on any atom is 0.0206 e. The molecule has 4 nitrogen and oxygen atoms in total. The molecule has 0 atom stereocenters. The van der Waals surface area contributed by atoms with E-state index in [2.05, 4.69) is 118 Å². The first-order valence-corrected chi connectivity index (χ1v) is 12.9. The second kappa shape index (κ2) is 18.1. The van der Waals surface area contributed by atoms with E-state index in [1.807, 2.05) is 24.3 Å². The minimum Gasteiger partial charge on any atom is -0.311 e. The van der Waals surface area contributed by atoms with Gasteiger partial charge in [-0.1, -0.05) is 121 Å². The highest BCUT2D eigenvalue weighted by molar-refractivity contribution is 5.16. The molecule has 4 aromatic carbocycles. The molecule has 0 aliphatic heterocycles. The minimum absolute atomic E-state index is 0.938. The van der Waals surface area contributed by atoms with Gasteiger partial charge in [0, 0.05) is 52.4 Å². The predicted octanol–water partition coefficient (Wildman–Crippen LogP) is 5.13. The molecule has 0 unspecified atom stereocenters. The van der Waals surface area contributed by atoms with Crippen molar-refractivity contribution in [3.63, 3.8) is 0 Å². The molecule has 4 rings (SSSR count). The predicted molar refractivity (Wildman–Crippen MR) is 153 cm³/mol. The van der Waals surface area contributed by atoms with Crippen LogP contribution in [0.4, 0.5) is 0 Å². The number of hydrogen-bond acceptors (Lipinski definition) is 4. The summed E-state index contributed by atoms with van der Waals surface area (Å²) in [5, 5.41) is 13.7. The second-order valence-corrected chi connectivity index (χ2v) is 8.65. The average molecular weight is 481 g/mol. The van der Waals surface area contributed by atoms with Crippen molar-refractivity contribution in [2.24, 2.45) is 0 Å². The van der Waals surface area contributed by atoms with E-state index in [4.69, 9.17) is 0 Å². The molecular formula is C32H40N4. The van der Waals surface area contributed by atoms with Crippen LogP contribution in [0, 0.1) is 0 Å². The summed E-state index contributed by atoms with van der Waals surface area (Å²) >= 11 is 0. The zero-order valence-electron chi connectivity index (χ0n) is 21.2. The summed E-state index contributed by atoms with van der Waals surface area (Å²) in [6.07, 6.45) is 0. The van der Waals surface area contributed by atoms with Gasteiger partial charge in [0.1, 0.15) is 0 Å². The Hall–Kier alpha value is -3.28. The average Bonchev–Trinajstić information content (AvgIpc) is 2.95. The van der Waals surface area contributed by atoms with Crippen LogP contribution >= 0.6 is 0 Å². The third kappa shape index (κ3) is 12.4. The largest absolute Gasteiger partial charge is 0.311 e. The van der Waals surface area contributed by atoms with Gasteiger partial charge in [-0.05, 0) is 22.3 Å². The fraction of sp³-hybridized carbons (Fsp3) is 0.250. The van der Waals surface area contributed by atoms with Gasteiger partial charge >= 0.3 is 0 Å². The van der Waals surface area contributed by atoms with E-state index in [1.54, 1.807) is 0 Å². The van der Waals surface area contributed by atoms with Crippen molar-refractivity contribution in [3.8, 4) is 0 Å². The third-order valence-corrected chi connectivity index (χ3v) is 5.64. The van der Waals surface area contributed by atoms with Crippen LogP contribution in [-0.4, -0.2) is 26.2 Å². The van der Waals surface area contributed by atoms with Gasteiger partial charge in [0.05, 0.1) is 0 Å². The number of benzene rings is 4. The van der Waals surface area contributed by atoms with Gasteiger partial charge in [-0.15, -0.1) is 0 Å². The number of nitrogens with one attached hydrogen (secondary N) is 4. The number of rotatable bonds is 14. The van der Waals surface area contributed by atoms with Crippen LogP contribution in [0.1, 0.15) is 22.3 Å². The van der Waals surface area contributed by atoms with Crippen LogP contribution in [0.3, 0.4) is 0 Å². The van der Waals surface area contributed by atoms with E-state index in [0.717, 1.165) is 52.4 Å². The normalized spacial score (nSPS) is 10.4. The smallest absolute Gasteiger partial charge is 0.0206 e. The van der Waals surface area contributed by atoms with Gasteiger partial charge in [-0.2, -0.15) is 0 Å². The van der Waals surface area contributed by atoms with Gasteiger partial charge in [0.25, 0.3) is 0 Å². The van der Waals surface area contributed by atoms with Gasteiger partial charge < -0.3 is 21.3 Å². The van der Waals surface area contributed by atoms with Crippen molar-refractivity contribution in [2.45, 2.75) is 26.2 Å². The third-order valence-electron chi connectivity index (χ3n) is 5.64. The molecule has 4 N–H and O–H groups in total. The fourth-order valence-corrected chi connectivity index (χ4v) is 3.67. The van der Waals surface area contributed by atoms with Crippen LogP contribution in [0.5, 0.6) is 0 Å². The first kappa shape index (κ1) is 27.3. The van der Waals surface area contributed by atoms with Crippen molar-refractivity contribution in [1.82, 2.24) is 21.3 Å². The number of hydrogen-bond donors (Lipinski definition) is 4. The molecule has 0 amide bonds. The molecule has 0 saturated carbocycles. The van der Waals surface area contributed by atoms with Crippen molar-refractivity contribution in [3.05, 3.63) is 144 Å². The van der Waals surface area contributed by atoms with Crippen LogP contribution < -0.4 is 21.3 Å². The quantitative estimate of drug-likeness (QED) is 0.189. The van der Waals surface area contributed by atoms with E-state index in [9.17, 15) is 0 Å². The Morgan fingerprint density at radius 2 is 0.472 bits per heavy atom. The second-order valence-electron chi connectivity index (χ2n) is 8.65. The van der Waals surface area contributed by atoms with E-state index < -0.39 is 0 Å². The maximum absolute atomic E-state index is 3.43. The van der Waals surface area contributed by atoms with Crippen molar-refractivity contribution in [2.75, 3.05) is 26.2 Å². The van der Waals surface area contributed by atoms with E-state index >= 15 is 0 Å². The highest BCUT2D eigenvalue weighted by Crippen LogP contribution is 1.99. The molecule has 0 saturated heterocycles. The molecule has 0 fully saturated rings. The molecule has 0 spiro atoms. The fourth-order valence-electron chi connectivity index (χ4n) is 3.67. The monoisotopic (exact) mass is 480 g/mol. The maximum atomic E-state index is 3.43. The molecule has 0 aliphatic carbocycles. The zero-order chi connectivity index (χ0) is 24.9. The molecule has 4 aromatic rings.